The molecule has 1 unspecified atom stereocenters. The molecule has 2 heterocycles. The number of carboxylic acid groups (broad SMARTS) is 3. The first kappa shape index (κ1) is 29.3. The van der Waals surface area contributed by atoms with Crippen LogP contribution in [0, 0.1) is 0 Å². The van der Waals surface area contributed by atoms with Crippen molar-refractivity contribution in [1.82, 2.24) is 0 Å². The van der Waals surface area contributed by atoms with Crippen LogP contribution in [0.4, 0.5) is 4.79 Å². The molecule has 0 aromatic carbocycles. The summed E-state index contributed by atoms with van der Waals surface area (Å²) in [6.07, 6.45) is -17.4. The van der Waals surface area contributed by atoms with Crippen molar-refractivity contribution in [2.45, 2.75) is 68.3 Å². The third kappa shape index (κ3) is 9.13. The van der Waals surface area contributed by atoms with Gasteiger partial charge in [-0.05, 0) is 0 Å². The summed E-state index contributed by atoms with van der Waals surface area (Å²) < 4.78 is 15.3. The topological polar surface area (TPSA) is 284 Å². The minimum atomic E-state index is -1.83. The number of ether oxygens (including phenoxy) is 3. The lowest BCUT2D eigenvalue weighted by Gasteiger charge is -2.45. The quantitative estimate of drug-likeness (QED) is 0.185. The number of carbonyl (C=O) groups is 2. The largest absolute Gasteiger partial charge is 0.503 e. The Balaban J connectivity index is 0.000000967. The van der Waals surface area contributed by atoms with Crippen LogP contribution in [0.5, 0.6) is 0 Å². The van der Waals surface area contributed by atoms with E-state index in [1.54, 1.807) is 0 Å². The Morgan fingerprint density at radius 1 is 0.742 bits per heavy atom. The number of hydrogen-bond donors (Lipinski definition) is 11. The third-order valence-electron chi connectivity index (χ3n) is 3.98. The molecule has 2 aliphatic heterocycles. The van der Waals surface area contributed by atoms with E-state index in [2.05, 4.69) is 0 Å². The number of aliphatic hydroxyl groups is 8. The summed E-state index contributed by atoms with van der Waals surface area (Å²) in [4.78, 5) is 17.6. The van der Waals surface area contributed by atoms with Crippen molar-refractivity contribution in [1.29, 1.82) is 0 Å². The van der Waals surface area contributed by atoms with Gasteiger partial charge in [0, 0.05) is 6.92 Å². The fraction of sp³-hybridized carbons (Fsp3) is 0.867. The molecule has 0 bridgehead atoms. The van der Waals surface area contributed by atoms with Gasteiger partial charge in [0.25, 0.3) is 5.97 Å². The van der Waals surface area contributed by atoms with Crippen LogP contribution in [0.1, 0.15) is 6.92 Å². The fourth-order valence-electron chi connectivity index (χ4n) is 2.57. The number of carboxylic acids is 1. The highest BCUT2D eigenvalue weighted by Gasteiger charge is 2.50. The van der Waals surface area contributed by atoms with E-state index < -0.39 is 86.8 Å². The first-order valence-corrected chi connectivity index (χ1v) is 8.66. The second kappa shape index (κ2) is 13.7. The lowest BCUT2D eigenvalue weighted by atomic mass is 9.97. The first-order valence-electron chi connectivity index (χ1n) is 8.66. The van der Waals surface area contributed by atoms with Gasteiger partial charge in [-0.15, -0.1) is 0 Å². The SMILES string of the molecule is CC(=O)O.O=C(O)O.OC[C@H]1O[C@@H](O[C@H]2[C@H](O)[C@@H](O)C(O)O[C@@H]2CO)[C@H](O)[C@@H](O)[C@H]1O. The highest BCUT2D eigenvalue weighted by Crippen LogP contribution is 2.28. The molecule has 16 nitrogen and oxygen atoms in total. The molecule has 0 saturated carbocycles. The van der Waals surface area contributed by atoms with Crippen molar-refractivity contribution in [3.63, 3.8) is 0 Å². The molecule has 16 heteroatoms. The summed E-state index contributed by atoms with van der Waals surface area (Å²) in [6.45, 7) is -0.262. The average molecular weight is 464 g/mol. The summed E-state index contributed by atoms with van der Waals surface area (Å²) >= 11 is 0. The molecule has 184 valence electrons. The highest BCUT2D eigenvalue weighted by molar-refractivity contribution is 5.62. The Bertz CT molecular complexity index is 521. The van der Waals surface area contributed by atoms with E-state index in [0.717, 1.165) is 6.92 Å². The minimum absolute atomic E-state index is 0.667. The summed E-state index contributed by atoms with van der Waals surface area (Å²) in [5, 5.41) is 97.8. The zero-order valence-electron chi connectivity index (χ0n) is 16.1. The van der Waals surface area contributed by atoms with Crippen molar-refractivity contribution < 1.29 is 80.0 Å². The number of aliphatic carboxylic acids is 1. The highest BCUT2D eigenvalue weighted by atomic mass is 16.7. The van der Waals surface area contributed by atoms with Crippen molar-refractivity contribution in [3.05, 3.63) is 0 Å². The molecule has 2 aliphatic rings. The molecule has 0 amide bonds. The minimum Gasteiger partial charge on any atom is -0.481 e. The van der Waals surface area contributed by atoms with E-state index in [1.807, 2.05) is 0 Å². The van der Waals surface area contributed by atoms with Crippen molar-refractivity contribution >= 4 is 12.1 Å². The van der Waals surface area contributed by atoms with Crippen LogP contribution in [0.2, 0.25) is 0 Å². The fourth-order valence-corrected chi connectivity index (χ4v) is 2.57. The van der Waals surface area contributed by atoms with Crippen LogP contribution in [-0.2, 0) is 19.0 Å². The summed E-state index contributed by atoms with van der Waals surface area (Å²) in [6, 6.07) is 0. The van der Waals surface area contributed by atoms with Gasteiger partial charge in [-0.3, -0.25) is 4.79 Å². The average Bonchev–Trinajstić information content (AvgIpc) is 2.67. The molecule has 0 radical (unpaired) electrons. The molecular formula is C15H28O16. The van der Waals surface area contributed by atoms with Gasteiger partial charge in [0.1, 0.15) is 48.8 Å². The maximum atomic E-state index is 9.94. The molecule has 2 fully saturated rings. The first-order chi connectivity index (χ1) is 14.3. The summed E-state index contributed by atoms with van der Waals surface area (Å²) in [5.74, 6) is -0.833. The zero-order chi connectivity index (χ0) is 24.5. The molecule has 2 rings (SSSR count). The predicted octanol–water partition coefficient (Wildman–Crippen LogP) is -5.08. The standard InChI is InChI=1S/C12H22O11.C2H4O2.CH2O3/c13-1-3-5(15)6(16)9(19)12(22-3)23-10-4(2-14)21-11(20)8(18)7(10)17;1-2(3)4;2-1(3)4/h3-20H,1-2H2;1H3,(H,3,4);(H2,2,3,4)/t3-,4-,5+,6+,7-,8-,9-,10-,11?,12+;;/m1../s1. The van der Waals surface area contributed by atoms with Gasteiger partial charge in [-0.1, -0.05) is 0 Å². The van der Waals surface area contributed by atoms with Gasteiger partial charge < -0.3 is 70.4 Å². The van der Waals surface area contributed by atoms with E-state index in [1.165, 1.54) is 0 Å². The van der Waals surface area contributed by atoms with Crippen molar-refractivity contribution in [2.75, 3.05) is 13.2 Å². The van der Waals surface area contributed by atoms with E-state index in [9.17, 15) is 35.7 Å². The molecule has 0 spiro atoms. The van der Waals surface area contributed by atoms with Gasteiger partial charge in [0.05, 0.1) is 13.2 Å². The van der Waals surface area contributed by atoms with Crippen LogP contribution in [-0.4, -0.2) is 143 Å². The number of hydrogen-bond acceptors (Lipinski definition) is 13. The molecule has 10 atom stereocenters. The predicted molar refractivity (Wildman–Crippen MR) is 92.6 cm³/mol. The molecule has 0 aromatic rings. The maximum absolute atomic E-state index is 9.94. The third-order valence-corrected chi connectivity index (χ3v) is 3.98. The monoisotopic (exact) mass is 464 g/mol. The zero-order valence-corrected chi connectivity index (χ0v) is 16.1. The number of rotatable bonds is 4. The van der Waals surface area contributed by atoms with Crippen LogP contribution in [0.3, 0.4) is 0 Å². The number of aliphatic hydroxyl groups excluding tert-OH is 8. The molecule has 31 heavy (non-hydrogen) atoms. The molecular weight excluding hydrogens is 436 g/mol. The summed E-state index contributed by atoms with van der Waals surface area (Å²) in [5.41, 5.74) is 0. The van der Waals surface area contributed by atoms with Gasteiger partial charge >= 0.3 is 6.16 Å². The Labute approximate surface area is 174 Å². The molecule has 11 N–H and O–H groups in total. The van der Waals surface area contributed by atoms with E-state index in [-0.39, 0.29) is 0 Å². The molecule has 0 aromatic heterocycles. The van der Waals surface area contributed by atoms with Gasteiger partial charge in [-0.25, -0.2) is 4.79 Å². The lowest BCUT2D eigenvalue weighted by Crippen LogP contribution is -2.64. The summed E-state index contributed by atoms with van der Waals surface area (Å²) in [7, 11) is 0. The van der Waals surface area contributed by atoms with Crippen LogP contribution >= 0.6 is 0 Å². The van der Waals surface area contributed by atoms with E-state index in [0.29, 0.717) is 0 Å². The van der Waals surface area contributed by atoms with Crippen LogP contribution in [0.15, 0.2) is 0 Å². The van der Waals surface area contributed by atoms with Gasteiger partial charge in [0.15, 0.2) is 12.6 Å². The van der Waals surface area contributed by atoms with Crippen LogP contribution < -0.4 is 0 Å². The Morgan fingerprint density at radius 3 is 1.61 bits per heavy atom. The normalized spacial score (nSPS) is 39.9. The van der Waals surface area contributed by atoms with Gasteiger partial charge in [-0.2, -0.15) is 0 Å². The van der Waals surface area contributed by atoms with E-state index in [4.69, 9.17) is 44.2 Å². The molecule has 2 saturated heterocycles. The smallest absolute Gasteiger partial charge is 0.481 e. The Kier molecular flexibility index (Phi) is 12.9. The van der Waals surface area contributed by atoms with Crippen molar-refractivity contribution in [3.8, 4) is 0 Å². The second-order valence-electron chi connectivity index (χ2n) is 6.33. The molecule has 0 aliphatic carbocycles. The van der Waals surface area contributed by atoms with E-state index >= 15 is 0 Å². The second-order valence-corrected chi connectivity index (χ2v) is 6.33. The Morgan fingerprint density at radius 2 is 1.19 bits per heavy atom. The Hall–Kier alpha value is -1.70. The van der Waals surface area contributed by atoms with Crippen molar-refractivity contribution in [2.24, 2.45) is 0 Å². The lowest BCUT2D eigenvalue weighted by molar-refractivity contribution is -0.355. The van der Waals surface area contributed by atoms with Gasteiger partial charge in [0.2, 0.25) is 0 Å². The maximum Gasteiger partial charge on any atom is 0.503 e. The van der Waals surface area contributed by atoms with Crippen LogP contribution in [0.25, 0.3) is 0 Å².